The van der Waals surface area contributed by atoms with Gasteiger partial charge in [-0.2, -0.15) is 0 Å². The standard InChI is InChI=1S/C14H25N3O3/c1-5-7-11(18)8-15-14(19)16-12(6-2)13-9(3)17-20-10(13)4/h11-12,18H,5-8H2,1-4H3,(H2,15,16,19). The van der Waals surface area contributed by atoms with Crippen LogP contribution in [0.25, 0.3) is 0 Å². The number of carbonyl (C=O) groups excluding carboxylic acids is 1. The van der Waals surface area contributed by atoms with Crippen LogP contribution in [0.2, 0.25) is 0 Å². The number of aliphatic hydroxyl groups is 1. The lowest BCUT2D eigenvalue weighted by Gasteiger charge is -2.18. The summed E-state index contributed by atoms with van der Waals surface area (Å²) in [5, 5.41) is 19.1. The number of aryl methyl sites for hydroxylation is 2. The Hall–Kier alpha value is -1.56. The van der Waals surface area contributed by atoms with Gasteiger partial charge in [-0.25, -0.2) is 4.79 Å². The fourth-order valence-corrected chi connectivity index (χ4v) is 2.22. The van der Waals surface area contributed by atoms with Gasteiger partial charge in [0.15, 0.2) is 0 Å². The van der Waals surface area contributed by atoms with E-state index >= 15 is 0 Å². The van der Waals surface area contributed by atoms with Crippen LogP contribution in [-0.2, 0) is 0 Å². The summed E-state index contributed by atoms with van der Waals surface area (Å²) >= 11 is 0. The van der Waals surface area contributed by atoms with Crippen molar-refractivity contribution in [3.63, 3.8) is 0 Å². The van der Waals surface area contributed by atoms with E-state index in [1.54, 1.807) is 0 Å². The van der Waals surface area contributed by atoms with E-state index in [0.717, 1.165) is 29.9 Å². The van der Waals surface area contributed by atoms with E-state index in [4.69, 9.17) is 4.52 Å². The Bertz CT molecular complexity index is 412. The van der Waals surface area contributed by atoms with Crippen molar-refractivity contribution in [3.05, 3.63) is 17.0 Å². The van der Waals surface area contributed by atoms with Crippen molar-refractivity contribution >= 4 is 6.03 Å². The van der Waals surface area contributed by atoms with Gasteiger partial charge in [-0.15, -0.1) is 0 Å². The lowest BCUT2D eigenvalue weighted by Crippen LogP contribution is -2.41. The van der Waals surface area contributed by atoms with E-state index in [-0.39, 0.29) is 18.6 Å². The molecule has 1 heterocycles. The zero-order valence-electron chi connectivity index (χ0n) is 12.7. The maximum absolute atomic E-state index is 11.9. The van der Waals surface area contributed by atoms with Crippen molar-refractivity contribution in [2.75, 3.05) is 6.54 Å². The van der Waals surface area contributed by atoms with Gasteiger partial charge < -0.3 is 20.3 Å². The molecule has 0 spiro atoms. The molecule has 2 amide bonds. The first kappa shape index (κ1) is 16.5. The SMILES string of the molecule is CCCC(O)CNC(=O)NC(CC)c1c(C)noc1C. The molecule has 2 atom stereocenters. The van der Waals surface area contributed by atoms with E-state index in [2.05, 4.69) is 15.8 Å². The number of amides is 2. The van der Waals surface area contributed by atoms with Gasteiger partial charge in [-0.1, -0.05) is 25.4 Å². The zero-order chi connectivity index (χ0) is 15.1. The predicted octanol–water partition coefficient (Wildman–Crippen LogP) is 2.20. The molecule has 3 N–H and O–H groups in total. The van der Waals surface area contributed by atoms with E-state index < -0.39 is 6.10 Å². The van der Waals surface area contributed by atoms with E-state index in [1.165, 1.54) is 0 Å². The molecule has 1 aromatic rings. The van der Waals surface area contributed by atoms with Crippen molar-refractivity contribution in [1.29, 1.82) is 0 Å². The van der Waals surface area contributed by atoms with Gasteiger partial charge in [0.2, 0.25) is 0 Å². The minimum Gasteiger partial charge on any atom is -0.391 e. The van der Waals surface area contributed by atoms with Crippen LogP contribution in [0, 0.1) is 13.8 Å². The third kappa shape index (κ3) is 4.52. The number of rotatable bonds is 7. The average molecular weight is 283 g/mol. The molecule has 0 saturated heterocycles. The summed E-state index contributed by atoms with van der Waals surface area (Å²) < 4.78 is 5.13. The van der Waals surface area contributed by atoms with E-state index in [9.17, 15) is 9.90 Å². The summed E-state index contributed by atoms with van der Waals surface area (Å²) in [5.41, 5.74) is 1.72. The van der Waals surface area contributed by atoms with Crippen LogP contribution < -0.4 is 10.6 Å². The average Bonchev–Trinajstić information content (AvgIpc) is 2.74. The number of hydrogen-bond donors (Lipinski definition) is 3. The van der Waals surface area contributed by atoms with E-state index in [0.29, 0.717) is 6.42 Å². The monoisotopic (exact) mass is 283 g/mol. The lowest BCUT2D eigenvalue weighted by atomic mass is 10.0. The van der Waals surface area contributed by atoms with Crippen molar-refractivity contribution in [3.8, 4) is 0 Å². The first-order valence-corrected chi connectivity index (χ1v) is 7.14. The normalized spacial score (nSPS) is 13.8. The molecule has 0 aliphatic heterocycles. The van der Waals surface area contributed by atoms with Gasteiger partial charge in [-0.3, -0.25) is 0 Å². The maximum atomic E-state index is 11.9. The van der Waals surface area contributed by atoms with Crippen LogP contribution in [0.3, 0.4) is 0 Å². The first-order valence-electron chi connectivity index (χ1n) is 7.14. The number of aliphatic hydroxyl groups excluding tert-OH is 1. The minimum atomic E-state index is -0.495. The molecule has 0 bridgehead atoms. The molecule has 0 fully saturated rings. The topological polar surface area (TPSA) is 87.4 Å². The van der Waals surface area contributed by atoms with Crippen LogP contribution in [0.4, 0.5) is 4.79 Å². The summed E-state index contributed by atoms with van der Waals surface area (Å²) in [6.07, 6.45) is 1.82. The molecule has 6 heteroatoms. The summed E-state index contributed by atoms with van der Waals surface area (Å²) in [5.74, 6) is 0.723. The Morgan fingerprint density at radius 2 is 2.10 bits per heavy atom. The molecule has 0 aliphatic carbocycles. The molecule has 0 radical (unpaired) electrons. The Labute approximate surface area is 119 Å². The van der Waals surface area contributed by atoms with Crippen LogP contribution in [0.5, 0.6) is 0 Å². The number of aromatic nitrogens is 1. The first-order chi connectivity index (χ1) is 9.49. The smallest absolute Gasteiger partial charge is 0.315 e. The number of carbonyl (C=O) groups is 1. The van der Waals surface area contributed by atoms with Crippen LogP contribution in [0.1, 0.15) is 56.2 Å². The summed E-state index contributed by atoms with van der Waals surface area (Å²) in [6, 6.07) is -0.420. The van der Waals surface area contributed by atoms with Crippen molar-refractivity contribution in [2.24, 2.45) is 0 Å². The van der Waals surface area contributed by atoms with Crippen LogP contribution in [-0.4, -0.2) is 28.9 Å². The molecule has 20 heavy (non-hydrogen) atoms. The molecular weight excluding hydrogens is 258 g/mol. The van der Waals surface area contributed by atoms with Crippen LogP contribution >= 0.6 is 0 Å². The lowest BCUT2D eigenvalue weighted by molar-refractivity contribution is 0.160. The number of urea groups is 1. The van der Waals surface area contributed by atoms with Gasteiger partial charge in [0, 0.05) is 12.1 Å². The molecule has 0 saturated carbocycles. The highest BCUT2D eigenvalue weighted by Crippen LogP contribution is 2.23. The second-order valence-corrected chi connectivity index (χ2v) is 5.00. The molecule has 2 unspecified atom stereocenters. The predicted molar refractivity (Wildman–Crippen MR) is 76.5 cm³/mol. The number of nitrogens with zero attached hydrogens (tertiary/aromatic N) is 1. The quantitative estimate of drug-likeness (QED) is 0.716. The molecular formula is C14H25N3O3. The largest absolute Gasteiger partial charge is 0.391 e. The minimum absolute atomic E-state index is 0.135. The molecule has 1 aromatic heterocycles. The van der Waals surface area contributed by atoms with Crippen molar-refractivity contribution in [1.82, 2.24) is 15.8 Å². The Morgan fingerprint density at radius 1 is 1.40 bits per heavy atom. The van der Waals surface area contributed by atoms with Gasteiger partial charge in [0.25, 0.3) is 0 Å². The van der Waals surface area contributed by atoms with Crippen molar-refractivity contribution < 1.29 is 14.4 Å². The summed E-state index contributed by atoms with van der Waals surface area (Å²) in [4.78, 5) is 11.9. The second kappa shape index (κ2) is 7.89. The molecule has 1 rings (SSSR count). The highest BCUT2D eigenvalue weighted by molar-refractivity contribution is 5.74. The van der Waals surface area contributed by atoms with Gasteiger partial charge in [0.1, 0.15) is 5.76 Å². The summed E-state index contributed by atoms with van der Waals surface area (Å²) in [7, 11) is 0. The van der Waals surface area contributed by atoms with Gasteiger partial charge in [-0.05, 0) is 26.7 Å². The van der Waals surface area contributed by atoms with Crippen LogP contribution in [0.15, 0.2) is 4.52 Å². The third-order valence-corrected chi connectivity index (χ3v) is 3.27. The second-order valence-electron chi connectivity index (χ2n) is 5.00. The Balaban J connectivity index is 2.54. The van der Waals surface area contributed by atoms with E-state index in [1.807, 2.05) is 27.7 Å². The fourth-order valence-electron chi connectivity index (χ4n) is 2.22. The highest BCUT2D eigenvalue weighted by atomic mass is 16.5. The number of nitrogens with one attached hydrogen (secondary N) is 2. The maximum Gasteiger partial charge on any atom is 0.315 e. The van der Waals surface area contributed by atoms with Gasteiger partial charge in [0.05, 0.1) is 17.8 Å². The Kier molecular flexibility index (Phi) is 6.51. The van der Waals surface area contributed by atoms with Gasteiger partial charge >= 0.3 is 6.03 Å². The molecule has 6 nitrogen and oxygen atoms in total. The third-order valence-electron chi connectivity index (χ3n) is 3.27. The number of hydrogen-bond acceptors (Lipinski definition) is 4. The zero-order valence-corrected chi connectivity index (χ0v) is 12.7. The summed E-state index contributed by atoms with van der Waals surface area (Å²) in [6.45, 7) is 7.94. The van der Waals surface area contributed by atoms with Crippen molar-refractivity contribution in [2.45, 2.75) is 59.1 Å². The fraction of sp³-hybridized carbons (Fsp3) is 0.714. The molecule has 0 aliphatic rings. The Morgan fingerprint density at radius 3 is 2.60 bits per heavy atom. The molecule has 114 valence electrons. The molecule has 0 aromatic carbocycles. The highest BCUT2D eigenvalue weighted by Gasteiger charge is 2.20.